The van der Waals surface area contributed by atoms with E-state index in [1.54, 1.807) is 0 Å². The molecule has 0 unspecified atom stereocenters. The zero-order chi connectivity index (χ0) is 17.0. The molecule has 0 fully saturated rings. The van der Waals surface area contributed by atoms with Gasteiger partial charge in [-0.25, -0.2) is 0 Å². The summed E-state index contributed by atoms with van der Waals surface area (Å²) in [6, 6.07) is 5.85. The van der Waals surface area contributed by atoms with Crippen LogP contribution in [0, 0.1) is 0 Å². The summed E-state index contributed by atoms with van der Waals surface area (Å²) in [6.07, 6.45) is 7.39. The number of hydrogen-bond donors (Lipinski definition) is 0. The lowest BCUT2D eigenvalue weighted by Gasteiger charge is -2.22. The van der Waals surface area contributed by atoms with Crippen LogP contribution in [-0.4, -0.2) is 44.4 Å². The molecule has 0 radical (unpaired) electrons. The lowest BCUT2D eigenvalue weighted by molar-refractivity contribution is -0.00000612. The molecule has 4 nitrogen and oxygen atoms in total. The van der Waals surface area contributed by atoms with E-state index in [1.807, 2.05) is 18.2 Å². The summed E-state index contributed by atoms with van der Waals surface area (Å²) in [6.45, 7) is 10.1. The van der Waals surface area contributed by atoms with Gasteiger partial charge in [0.25, 0.3) is 0 Å². The third-order valence-electron chi connectivity index (χ3n) is 4.31. The first-order valence-electron chi connectivity index (χ1n) is 9.59. The predicted molar refractivity (Wildman–Crippen MR) is 98.4 cm³/mol. The monoisotopic (exact) mass is 370 g/mol. The van der Waals surface area contributed by atoms with Gasteiger partial charge in [-0.05, 0) is 57.5 Å². The van der Waals surface area contributed by atoms with E-state index >= 15 is 0 Å². The van der Waals surface area contributed by atoms with Crippen LogP contribution < -0.4 is 26.6 Å². The van der Waals surface area contributed by atoms with Crippen LogP contribution in [0.2, 0.25) is 0 Å². The number of ether oxygens (including phenoxy) is 3. The average Bonchev–Trinajstić information content (AvgIpc) is 2.63. The number of unbranched alkanes of at least 4 members (excludes halogenated alkanes) is 3. The smallest absolute Gasteiger partial charge is 0.203 e. The van der Waals surface area contributed by atoms with Crippen LogP contribution in [0.5, 0.6) is 17.2 Å². The minimum Gasteiger partial charge on any atom is -1.00 e. The van der Waals surface area contributed by atoms with Crippen LogP contribution in [0.25, 0.3) is 0 Å². The molecule has 1 heterocycles. The number of nitrogens with zero attached hydrogens (tertiary/aromatic N) is 1. The fraction of sp³-hybridized carbons (Fsp3) is 0.700. The molecule has 1 aromatic rings. The number of rotatable bonds is 12. The van der Waals surface area contributed by atoms with Gasteiger partial charge in [0, 0.05) is 0 Å². The molecule has 0 aliphatic carbocycles. The van der Waals surface area contributed by atoms with E-state index in [9.17, 15) is 0 Å². The van der Waals surface area contributed by atoms with Crippen molar-refractivity contribution in [2.45, 2.75) is 52.4 Å². The van der Waals surface area contributed by atoms with Gasteiger partial charge in [-0.1, -0.05) is 32.8 Å². The van der Waals surface area contributed by atoms with Gasteiger partial charge >= 0.3 is 0 Å². The Labute approximate surface area is 159 Å². The third-order valence-corrected chi connectivity index (χ3v) is 4.31. The molecule has 2 rings (SSSR count). The number of halogens is 1. The van der Waals surface area contributed by atoms with E-state index in [1.165, 1.54) is 51.7 Å². The minimum absolute atomic E-state index is 0. The number of benzene rings is 1. The average molecular weight is 371 g/mol. The minimum atomic E-state index is 0. The number of hydrogen-bond acceptors (Lipinski definition) is 4. The van der Waals surface area contributed by atoms with Crippen LogP contribution in [0.3, 0.4) is 0 Å². The lowest BCUT2D eigenvalue weighted by Crippen LogP contribution is -3.00. The van der Waals surface area contributed by atoms with Crippen molar-refractivity contribution in [1.29, 1.82) is 0 Å². The molecule has 0 saturated heterocycles. The van der Waals surface area contributed by atoms with Crippen molar-refractivity contribution in [3.8, 4) is 17.2 Å². The van der Waals surface area contributed by atoms with E-state index in [0.29, 0.717) is 13.2 Å². The maximum atomic E-state index is 5.92. The SMILES string of the molecule is CCCCN(CCCC)CCCCOc1cccc2c1OCCO2.[Cl-]. The Morgan fingerprint density at radius 3 is 2.32 bits per heavy atom. The first kappa shape index (κ1) is 21.9. The van der Waals surface area contributed by atoms with E-state index in [-0.39, 0.29) is 12.4 Å². The lowest BCUT2D eigenvalue weighted by atomic mass is 10.2. The second kappa shape index (κ2) is 13.1. The van der Waals surface area contributed by atoms with Crippen LogP contribution in [0.4, 0.5) is 0 Å². The molecule has 5 heteroatoms. The fourth-order valence-electron chi connectivity index (χ4n) is 2.88. The van der Waals surface area contributed by atoms with Gasteiger partial charge in [-0.2, -0.15) is 0 Å². The standard InChI is InChI=1S/C20H33NO3.ClH/c1-3-5-12-21(13-6-4-2)14-7-8-15-22-18-10-9-11-19-20(18)24-17-16-23-19;/h9-11H,3-8,12-17H2,1-2H3;1H/p-1. The summed E-state index contributed by atoms with van der Waals surface area (Å²) in [5.41, 5.74) is 0. The molecule has 25 heavy (non-hydrogen) atoms. The molecular weight excluding hydrogens is 338 g/mol. The first-order valence-corrected chi connectivity index (χ1v) is 9.59. The van der Waals surface area contributed by atoms with Gasteiger partial charge in [0.1, 0.15) is 13.2 Å². The van der Waals surface area contributed by atoms with Crippen LogP contribution in [0.1, 0.15) is 52.4 Å². The highest BCUT2D eigenvalue weighted by Crippen LogP contribution is 2.38. The van der Waals surface area contributed by atoms with Gasteiger partial charge < -0.3 is 31.5 Å². The highest BCUT2D eigenvalue weighted by atomic mass is 35.5. The van der Waals surface area contributed by atoms with E-state index in [2.05, 4.69) is 18.7 Å². The third kappa shape index (κ3) is 7.74. The van der Waals surface area contributed by atoms with Crippen LogP contribution >= 0.6 is 0 Å². The molecule has 1 aliphatic rings. The van der Waals surface area contributed by atoms with Gasteiger partial charge in [0.15, 0.2) is 11.5 Å². The Morgan fingerprint density at radius 1 is 0.920 bits per heavy atom. The van der Waals surface area contributed by atoms with Crippen molar-refractivity contribution in [3.63, 3.8) is 0 Å². The maximum absolute atomic E-state index is 5.92. The maximum Gasteiger partial charge on any atom is 0.203 e. The van der Waals surface area contributed by atoms with Crippen molar-refractivity contribution in [2.24, 2.45) is 0 Å². The summed E-state index contributed by atoms with van der Waals surface area (Å²) < 4.78 is 17.2. The van der Waals surface area contributed by atoms with Crippen molar-refractivity contribution in [2.75, 3.05) is 39.5 Å². The number of para-hydroxylation sites is 1. The summed E-state index contributed by atoms with van der Waals surface area (Å²) in [7, 11) is 0. The largest absolute Gasteiger partial charge is 1.00 e. The van der Waals surface area contributed by atoms with E-state index in [4.69, 9.17) is 14.2 Å². The topological polar surface area (TPSA) is 30.9 Å². The molecule has 1 aliphatic heterocycles. The van der Waals surface area contributed by atoms with Crippen molar-refractivity contribution in [1.82, 2.24) is 4.90 Å². The molecular formula is C20H33ClNO3-. The molecule has 0 amide bonds. The second-order valence-corrected chi connectivity index (χ2v) is 6.38. The second-order valence-electron chi connectivity index (χ2n) is 6.38. The summed E-state index contributed by atoms with van der Waals surface area (Å²) >= 11 is 0. The van der Waals surface area contributed by atoms with Crippen LogP contribution in [0.15, 0.2) is 18.2 Å². The summed E-state index contributed by atoms with van der Waals surface area (Å²) in [5, 5.41) is 0. The highest BCUT2D eigenvalue weighted by Gasteiger charge is 2.16. The zero-order valence-electron chi connectivity index (χ0n) is 15.8. The molecule has 0 bridgehead atoms. The van der Waals surface area contributed by atoms with Crippen molar-refractivity contribution in [3.05, 3.63) is 18.2 Å². The zero-order valence-corrected chi connectivity index (χ0v) is 16.5. The molecule has 0 N–H and O–H groups in total. The Balaban J connectivity index is 0.00000312. The van der Waals surface area contributed by atoms with Gasteiger partial charge in [-0.3, -0.25) is 0 Å². The highest BCUT2D eigenvalue weighted by molar-refractivity contribution is 5.51. The molecule has 0 atom stereocenters. The van der Waals surface area contributed by atoms with Crippen molar-refractivity contribution >= 4 is 0 Å². The van der Waals surface area contributed by atoms with Crippen molar-refractivity contribution < 1.29 is 26.6 Å². The fourth-order valence-corrected chi connectivity index (χ4v) is 2.88. The van der Waals surface area contributed by atoms with Gasteiger partial charge in [0.2, 0.25) is 5.75 Å². The molecule has 1 aromatic carbocycles. The Bertz CT molecular complexity index is 462. The normalized spacial score (nSPS) is 12.8. The summed E-state index contributed by atoms with van der Waals surface area (Å²) in [4.78, 5) is 2.61. The predicted octanol–water partition coefficient (Wildman–Crippen LogP) is 1.52. The van der Waals surface area contributed by atoms with Crippen LogP contribution in [-0.2, 0) is 0 Å². The van der Waals surface area contributed by atoms with E-state index in [0.717, 1.165) is 30.3 Å². The molecule has 144 valence electrons. The number of fused-ring (bicyclic) bond motifs is 1. The first-order chi connectivity index (χ1) is 11.8. The van der Waals surface area contributed by atoms with Gasteiger partial charge in [-0.15, -0.1) is 0 Å². The summed E-state index contributed by atoms with van der Waals surface area (Å²) in [5.74, 6) is 2.36. The Hall–Kier alpha value is -1.13. The quantitative estimate of drug-likeness (QED) is 0.522. The Kier molecular flexibility index (Phi) is 11.5. The van der Waals surface area contributed by atoms with Gasteiger partial charge in [0.05, 0.1) is 6.61 Å². The molecule has 0 aromatic heterocycles. The molecule has 0 saturated carbocycles. The Morgan fingerprint density at radius 2 is 1.60 bits per heavy atom. The molecule has 0 spiro atoms. The van der Waals surface area contributed by atoms with E-state index < -0.39 is 0 Å².